The monoisotopic (exact) mass is 201 g/mol. The van der Waals surface area contributed by atoms with Crippen LogP contribution in [-0.4, -0.2) is 14.3 Å². The highest BCUT2D eigenvalue weighted by molar-refractivity contribution is 5.71. The lowest BCUT2D eigenvalue weighted by Gasteiger charge is -2.05. The van der Waals surface area contributed by atoms with Crippen LogP contribution in [0.5, 0.6) is 0 Å². The third-order valence-corrected chi connectivity index (χ3v) is 2.64. The smallest absolute Gasteiger partial charge is 0.0700 e. The molecule has 78 valence electrons. The molecule has 0 amide bonds. The Balaban J connectivity index is 2.58. The molecule has 2 rings (SSSR count). The average molecular weight is 201 g/mol. The zero-order valence-corrected chi connectivity index (χ0v) is 9.14. The predicted molar refractivity (Wildman–Crippen MR) is 62.4 cm³/mol. The van der Waals surface area contributed by atoms with Gasteiger partial charge in [0, 0.05) is 37.2 Å². The molecule has 3 nitrogen and oxygen atoms in total. The number of rotatable bonds is 3. The van der Waals surface area contributed by atoms with E-state index in [1.54, 1.807) is 0 Å². The summed E-state index contributed by atoms with van der Waals surface area (Å²) in [5, 5.41) is 4.18. The number of aryl methyl sites for hydroxylation is 2. The fraction of sp³-hybridized carbons (Fsp3) is 0.250. The van der Waals surface area contributed by atoms with Crippen molar-refractivity contribution in [1.82, 2.24) is 14.3 Å². The second-order valence-corrected chi connectivity index (χ2v) is 3.44. The zero-order chi connectivity index (χ0) is 10.8. The van der Waals surface area contributed by atoms with E-state index in [-0.39, 0.29) is 0 Å². The Morgan fingerprint density at radius 3 is 2.80 bits per heavy atom. The van der Waals surface area contributed by atoms with E-state index < -0.39 is 0 Å². The van der Waals surface area contributed by atoms with Crippen LogP contribution < -0.4 is 0 Å². The fourth-order valence-corrected chi connectivity index (χ4v) is 1.84. The molecule has 0 saturated carbocycles. The molecule has 0 aliphatic rings. The van der Waals surface area contributed by atoms with Crippen molar-refractivity contribution < 1.29 is 0 Å². The van der Waals surface area contributed by atoms with Crippen LogP contribution in [0.3, 0.4) is 0 Å². The van der Waals surface area contributed by atoms with E-state index >= 15 is 0 Å². The van der Waals surface area contributed by atoms with Gasteiger partial charge in [-0.15, -0.1) is 0 Å². The summed E-state index contributed by atoms with van der Waals surface area (Å²) in [5.74, 6) is 0. The van der Waals surface area contributed by atoms with Crippen molar-refractivity contribution >= 4 is 6.08 Å². The summed E-state index contributed by atoms with van der Waals surface area (Å²) in [7, 11) is 1.95. The van der Waals surface area contributed by atoms with Crippen LogP contribution in [-0.2, 0) is 13.6 Å². The van der Waals surface area contributed by atoms with Crippen LogP contribution in [0.2, 0.25) is 0 Å². The number of hydrogen-bond acceptors (Lipinski definition) is 1. The van der Waals surface area contributed by atoms with E-state index in [1.165, 1.54) is 5.56 Å². The number of nitrogens with zero attached hydrogens (tertiary/aromatic N) is 3. The molecule has 15 heavy (non-hydrogen) atoms. The van der Waals surface area contributed by atoms with E-state index in [2.05, 4.69) is 35.4 Å². The largest absolute Gasteiger partial charge is 0.348 e. The van der Waals surface area contributed by atoms with E-state index in [0.717, 1.165) is 17.9 Å². The predicted octanol–water partition coefficient (Wildman–Crippen LogP) is 2.55. The van der Waals surface area contributed by atoms with E-state index in [9.17, 15) is 0 Å². The van der Waals surface area contributed by atoms with Crippen LogP contribution in [0.4, 0.5) is 0 Å². The van der Waals surface area contributed by atoms with Gasteiger partial charge in [-0.05, 0) is 25.1 Å². The maximum atomic E-state index is 4.18. The summed E-state index contributed by atoms with van der Waals surface area (Å²) in [6.45, 7) is 6.94. The first kappa shape index (κ1) is 9.77. The molecule has 0 spiro atoms. The number of hydrogen-bond donors (Lipinski definition) is 0. The first-order valence-electron chi connectivity index (χ1n) is 5.08. The summed E-state index contributed by atoms with van der Waals surface area (Å²) >= 11 is 0. The zero-order valence-electron chi connectivity index (χ0n) is 9.14. The molecule has 0 aliphatic heterocycles. The summed E-state index contributed by atoms with van der Waals surface area (Å²) in [4.78, 5) is 0. The normalized spacial score (nSPS) is 10.5. The Hall–Kier alpha value is -1.77. The molecule has 0 aromatic carbocycles. The minimum absolute atomic E-state index is 0.958. The van der Waals surface area contributed by atoms with Crippen LogP contribution in [0.15, 0.2) is 31.1 Å². The molecule has 0 fully saturated rings. The molecule has 0 unspecified atom stereocenters. The van der Waals surface area contributed by atoms with Crippen molar-refractivity contribution in [3.63, 3.8) is 0 Å². The van der Waals surface area contributed by atoms with Gasteiger partial charge in [0.15, 0.2) is 0 Å². The Morgan fingerprint density at radius 1 is 1.47 bits per heavy atom. The maximum Gasteiger partial charge on any atom is 0.0700 e. The van der Waals surface area contributed by atoms with Crippen molar-refractivity contribution in [1.29, 1.82) is 0 Å². The highest BCUT2D eigenvalue weighted by Gasteiger charge is 2.09. The molecule has 0 saturated heterocycles. The van der Waals surface area contributed by atoms with Gasteiger partial charge >= 0.3 is 0 Å². The third kappa shape index (κ3) is 1.50. The number of aromatic nitrogens is 3. The minimum Gasteiger partial charge on any atom is -0.348 e. The molecule has 0 atom stereocenters. The van der Waals surface area contributed by atoms with Gasteiger partial charge < -0.3 is 4.57 Å². The van der Waals surface area contributed by atoms with Crippen molar-refractivity contribution in [3.8, 4) is 11.3 Å². The Bertz CT molecular complexity index is 477. The lowest BCUT2D eigenvalue weighted by Crippen LogP contribution is -1.97. The second kappa shape index (κ2) is 3.77. The van der Waals surface area contributed by atoms with Gasteiger partial charge in [0.1, 0.15) is 0 Å². The summed E-state index contributed by atoms with van der Waals surface area (Å²) in [6.07, 6.45) is 5.79. The van der Waals surface area contributed by atoms with Crippen LogP contribution >= 0.6 is 0 Å². The molecule has 0 N–H and O–H groups in total. The van der Waals surface area contributed by atoms with Gasteiger partial charge in [0.05, 0.1) is 5.69 Å². The fourth-order valence-electron chi connectivity index (χ4n) is 1.84. The molecule has 3 heteroatoms. The van der Waals surface area contributed by atoms with Gasteiger partial charge in [-0.1, -0.05) is 6.58 Å². The SMILES string of the molecule is C=Cc1c(-c2ccnn2C)ccn1CC. The van der Waals surface area contributed by atoms with E-state index in [1.807, 2.05) is 30.1 Å². The van der Waals surface area contributed by atoms with Crippen molar-refractivity contribution in [3.05, 3.63) is 36.8 Å². The third-order valence-electron chi connectivity index (χ3n) is 2.64. The van der Waals surface area contributed by atoms with Crippen LogP contribution in [0, 0.1) is 0 Å². The Kier molecular flexibility index (Phi) is 2.46. The highest BCUT2D eigenvalue weighted by Crippen LogP contribution is 2.24. The highest BCUT2D eigenvalue weighted by atomic mass is 15.3. The van der Waals surface area contributed by atoms with Gasteiger partial charge in [0.25, 0.3) is 0 Å². The standard InChI is InChI=1S/C12H15N3/c1-4-11-10(7-9-15(11)5-2)12-6-8-13-14(12)3/h4,6-9H,1,5H2,2-3H3. The van der Waals surface area contributed by atoms with E-state index in [0.29, 0.717) is 0 Å². The maximum absolute atomic E-state index is 4.18. The van der Waals surface area contributed by atoms with Gasteiger partial charge in [-0.3, -0.25) is 4.68 Å². The first-order valence-corrected chi connectivity index (χ1v) is 5.08. The molecule has 2 aromatic heterocycles. The lowest BCUT2D eigenvalue weighted by atomic mass is 10.2. The van der Waals surface area contributed by atoms with Crippen molar-refractivity contribution in [2.24, 2.45) is 7.05 Å². The summed E-state index contributed by atoms with van der Waals surface area (Å²) < 4.78 is 4.05. The molecular weight excluding hydrogens is 186 g/mol. The Labute approximate surface area is 89.6 Å². The minimum atomic E-state index is 0.958. The van der Waals surface area contributed by atoms with Crippen molar-refractivity contribution in [2.75, 3.05) is 0 Å². The van der Waals surface area contributed by atoms with Gasteiger partial charge in [-0.25, -0.2) is 0 Å². The summed E-state index contributed by atoms with van der Waals surface area (Å²) in [5.41, 5.74) is 3.46. The van der Waals surface area contributed by atoms with Gasteiger partial charge in [-0.2, -0.15) is 5.10 Å². The quantitative estimate of drug-likeness (QED) is 0.748. The average Bonchev–Trinajstić information content (AvgIpc) is 2.82. The van der Waals surface area contributed by atoms with Crippen LogP contribution in [0.25, 0.3) is 17.3 Å². The molecule has 0 bridgehead atoms. The molecular formula is C12H15N3. The topological polar surface area (TPSA) is 22.8 Å². The van der Waals surface area contributed by atoms with Gasteiger partial charge in [0.2, 0.25) is 0 Å². The van der Waals surface area contributed by atoms with Crippen molar-refractivity contribution in [2.45, 2.75) is 13.5 Å². The first-order chi connectivity index (χ1) is 7.27. The molecule has 0 radical (unpaired) electrons. The van der Waals surface area contributed by atoms with E-state index in [4.69, 9.17) is 0 Å². The second-order valence-electron chi connectivity index (χ2n) is 3.44. The summed E-state index contributed by atoms with van der Waals surface area (Å²) in [6, 6.07) is 4.12. The molecule has 0 aliphatic carbocycles. The molecule has 2 heterocycles. The lowest BCUT2D eigenvalue weighted by molar-refractivity contribution is 0.757. The molecule has 2 aromatic rings. The Morgan fingerprint density at radius 2 is 2.27 bits per heavy atom. The van der Waals surface area contributed by atoms with Crippen LogP contribution in [0.1, 0.15) is 12.6 Å².